The number of unbranched alkanes of at least 4 members (excludes halogenated alkanes) is 30. The number of nitrogens with zero attached hydrogens (tertiary/aromatic N) is 2. The number of benzene rings is 2. The quantitative estimate of drug-likeness (QED) is 0.0321. The van der Waals surface area contributed by atoms with E-state index in [1.54, 1.807) is 0 Å². The van der Waals surface area contributed by atoms with Gasteiger partial charge in [0.15, 0.2) is 12.3 Å². The van der Waals surface area contributed by atoms with Crippen LogP contribution in [0.3, 0.4) is 0 Å². The first-order valence-corrected chi connectivity index (χ1v) is 27.2. The smallest absolute Gasteiger partial charge is 0.374 e. The molecule has 0 saturated carbocycles. The Balaban J connectivity index is 0.00000206. The van der Waals surface area contributed by atoms with Crippen molar-refractivity contribution >= 4 is 22.9 Å². The predicted octanol–water partition coefficient (Wildman–Crippen LogP) is 12.8. The van der Waals surface area contributed by atoms with Crippen LogP contribution in [0.4, 0.5) is 5.69 Å². The molecule has 0 unspecified atom stereocenters. The number of hydrogen-bond donors (Lipinski definition) is 0. The number of hydrogen-bond acceptors (Lipinski definition) is 7. The number of para-hydroxylation sites is 4. The molecule has 360 valence electrons. The normalized spacial score (nSPS) is 13.4. The van der Waals surface area contributed by atoms with Gasteiger partial charge in [0.1, 0.15) is 0 Å². The Kier molecular flexibility index (Phi) is 31.1. The fourth-order valence-electron chi connectivity index (χ4n) is 8.79. The van der Waals surface area contributed by atoms with E-state index < -0.39 is 10.2 Å². The van der Waals surface area contributed by atoms with Crippen LogP contribution in [0.5, 0.6) is 5.75 Å². The summed E-state index contributed by atoms with van der Waals surface area (Å²) in [4.78, 5) is 2.36. The van der Waals surface area contributed by atoms with E-state index in [2.05, 4.69) is 102 Å². The highest BCUT2D eigenvalue weighted by Gasteiger charge is 2.25. The van der Waals surface area contributed by atoms with Gasteiger partial charge in [-0.15, -0.1) is 10.2 Å². The minimum absolute atomic E-state index is 0.916. The van der Waals surface area contributed by atoms with E-state index in [0.29, 0.717) is 0 Å². The van der Waals surface area contributed by atoms with Crippen LogP contribution in [0.25, 0.3) is 17.2 Å². The van der Waals surface area contributed by atoms with Crippen molar-refractivity contribution in [1.29, 1.82) is 0 Å². The zero-order valence-electron chi connectivity index (χ0n) is 40.3. The van der Waals surface area contributed by atoms with E-state index in [4.69, 9.17) is 27.8 Å². The second kappa shape index (κ2) is 36.0. The van der Waals surface area contributed by atoms with Crippen LogP contribution < -0.4 is 32.8 Å². The van der Waals surface area contributed by atoms with Gasteiger partial charge in [-0.3, -0.25) is 0 Å². The first kappa shape index (κ1) is 55.2. The Morgan fingerprint density at radius 1 is 0.500 bits per heavy atom. The summed E-state index contributed by atoms with van der Waals surface area (Å²) < 4.78 is 49.0. The number of anilines is 1. The lowest BCUT2D eigenvalue weighted by Gasteiger charge is -2.18. The van der Waals surface area contributed by atoms with E-state index in [0.717, 1.165) is 36.2 Å². The van der Waals surface area contributed by atoms with Crippen molar-refractivity contribution in [2.45, 2.75) is 226 Å². The van der Waals surface area contributed by atoms with E-state index >= 15 is 0 Å². The lowest BCUT2D eigenvalue weighted by atomic mass is 10.0. The molecule has 0 atom stereocenters. The lowest BCUT2D eigenvalue weighted by molar-refractivity contribution is -2.00. The Hall–Kier alpha value is -3.14. The summed E-state index contributed by atoms with van der Waals surface area (Å²) in [5, 5.41) is 0. The topological polar surface area (TPSA) is 122 Å². The Labute approximate surface area is 391 Å². The number of halogens is 1. The van der Waals surface area contributed by atoms with Crippen molar-refractivity contribution in [2.75, 3.05) is 11.4 Å². The van der Waals surface area contributed by atoms with E-state index in [9.17, 15) is 0 Å². The average Bonchev–Trinajstić information content (AvgIpc) is 3.82. The second-order valence-corrected chi connectivity index (χ2v) is 18.8. The molecule has 0 radical (unpaired) electrons. The number of fused-ring (bicyclic) bond motifs is 2. The highest BCUT2D eigenvalue weighted by molar-refractivity contribution is 5.69. The molecular formula is C55H87ClN2O6. The molecule has 0 saturated heterocycles. The fraction of sp³-hybridized carbons (Fsp3) is 0.655. The molecule has 0 bridgehead atoms. The van der Waals surface area contributed by atoms with Gasteiger partial charge < -0.3 is 14.1 Å². The summed E-state index contributed by atoms with van der Waals surface area (Å²) in [5.41, 5.74) is 3.32. The minimum atomic E-state index is -4.94. The van der Waals surface area contributed by atoms with Crippen LogP contribution >= 0.6 is 0 Å². The van der Waals surface area contributed by atoms with Crippen molar-refractivity contribution in [3.05, 3.63) is 84.6 Å². The van der Waals surface area contributed by atoms with Crippen LogP contribution in [-0.2, 0) is 6.54 Å². The highest BCUT2D eigenvalue weighted by atomic mass is 35.7. The van der Waals surface area contributed by atoms with E-state index in [-0.39, 0.29) is 0 Å². The van der Waals surface area contributed by atoms with Gasteiger partial charge in [0, 0.05) is 19.0 Å². The average molecular weight is 908 g/mol. The third-order valence-electron chi connectivity index (χ3n) is 12.4. The molecule has 9 heteroatoms. The maximum Gasteiger partial charge on any atom is 0.374 e. The molecule has 0 N–H and O–H groups in total. The molecule has 1 aliphatic heterocycles. The number of aryl methyl sites for hydroxylation is 1. The summed E-state index contributed by atoms with van der Waals surface area (Å²) in [6.45, 7) is 6.58. The van der Waals surface area contributed by atoms with Crippen molar-refractivity contribution in [3.8, 4) is 5.75 Å². The van der Waals surface area contributed by atoms with Gasteiger partial charge in [0.05, 0.1) is 11.8 Å². The zero-order chi connectivity index (χ0) is 45.8. The van der Waals surface area contributed by atoms with Gasteiger partial charge in [0.2, 0.25) is 11.5 Å². The first-order chi connectivity index (χ1) is 31.3. The van der Waals surface area contributed by atoms with Crippen LogP contribution in [0.15, 0.2) is 83.1 Å². The summed E-state index contributed by atoms with van der Waals surface area (Å²) in [6.07, 6.45) is 55.0. The van der Waals surface area contributed by atoms with Crippen molar-refractivity contribution < 1.29 is 42.6 Å². The summed E-state index contributed by atoms with van der Waals surface area (Å²) in [5.74, 6) is 2.79. The molecule has 0 fully saturated rings. The maximum atomic E-state index is 8.49. The Bertz CT molecular complexity index is 1670. The zero-order valence-corrected chi connectivity index (χ0v) is 41.0. The number of aromatic nitrogens is 1. The van der Waals surface area contributed by atoms with Crippen LogP contribution in [-0.4, -0.2) is 6.54 Å². The summed E-state index contributed by atoms with van der Waals surface area (Å²) >= 11 is 0. The van der Waals surface area contributed by atoms with Gasteiger partial charge >= 0.3 is 5.89 Å². The molecule has 0 spiro atoms. The molecule has 1 aromatic heterocycles. The van der Waals surface area contributed by atoms with E-state index in [1.165, 1.54) is 217 Å². The summed E-state index contributed by atoms with van der Waals surface area (Å²) in [6, 6.07) is 16.9. The summed E-state index contributed by atoms with van der Waals surface area (Å²) in [7, 11) is -4.94. The van der Waals surface area contributed by atoms with Crippen molar-refractivity contribution in [2.24, 2.45) is 0 Å². The number of ether oxygens (including phenoxy) is 1. The Morgan fingerprint density at radius 2 is 0.922 bits per heavy atom. The second-order valence-electron chi connectivity index (χ2n) is 18.0. The molecule has 0 amide bonds. The van der Waals surface area contributed by atoms with Crippen LogP contribution in [0, 0.1) is 10.2 Å². The molecule has 2 heterocycles. The highest BCUT2D eigenvalue weighted by Crippen LogP contribution is 2.38. The monoisotopic (exact) mass is 907 g/mol. The van der Waals surface area contributed by atoms with Crippen molar-refractivity contribution in [1.82, 2.24) is 0 Å². The van der Waals surface area contributed by atoms with E-state index in [1.807, 2.05) is 0 Å². The van der Waals surface area contributed by atoms with Crippen molar-refractivity contribution in [3.63, 3.8) is 0 Å². The number of allylic oxidation sites excluding steroid dienone is 4. The molecule has 8 nitrogen and oxygen atoms in total. The molecule has 1 aliphatic rings. The molecular weight excluding hydrogens is 820 g/mol. The lowest BCUT2D eigenvalue weighted by Crippen LogP contribution is -2.68. The van der Waals surface area contributed by atoms with Gasteiger partial charge in [-0.2, -0.15) is 4.57 Å². The molecule has 4 rings (SSSR count). The number of rotatable bonds is 37. The fourth-order valence-corrected chi connectivity index (χ4v) is 8.79. The van der Waals surface area contributed by atoms with Crippen LogP contribution in [0.1, 0.15) is 225 Å². The Morgan fingerprint density at radius 3 is 1.42 bits per heavy atom. The third kappa shape index (κ3) is 26.1. The van der Waals surface area contributed by atoms with Gasteiger partial charge in [-0.1, -0.05) is 243 Å². The molecule has 2 aromatic carbocycles. The SMILES string of the molecule is CCCCCCCCCCCCCCCCCCN1\C(=C/C=C/C=C/c2oc3ccccc3[n+]2CCCCCCCCCCCCCCCCCC)Oc2ccccc21.[O-][Cl+3]([O-])([O-])[O-]. The minimum Gasteiger partial charge on any atom is -0.439 e. The molecule has 64 heavy (non-hydrogen) atoms. The maximum absolute atomic E-state index is 8.49. The van der Waals surface area contributed by atoms with Gasteiger partial charge in [-0.05, 0) is 37.1 Å². The number of oxazole rings is 1. The molecule has 3 aromatic rings. The van der Waals surface area contributed by atoms with Gasteiger partial charge in [-0.25, -0.2) is 18.6 Å². The standard InChI is InChI=1S/C55H87N2O2.ClHO4/c1-3-5-7-9-11-13-15-17-19-21-23-25-27-29-31-40-48-56-50-42-36-38-44-52(50)58-54(56)46-34-33-35-47-55-57(51-43-37-39-45-53(51)59-55)49-41-32-30-28-26-24-22-20-18-16-14-12-10-8-6-4-2;2-1(3,4)5/h33-39,42-47H,3-32,40-41,48-49H2,1-2H3;(H,2,3,4,5)/q+1;/p-1. The molecule has 0 aliphatic carbocycles. The largest absolute Gasteiger partial charge is 0.439 e. The first-order valence-electron chi connectivity index (χ1n) is 25.9. The van der Waals surface area contributed by atoms with Crippen LogP contribution in [0.2, 0.25) is 0 Å². The predicted molar refractivity (Wildman–Crippen MR) is 256 cm³/mol. The van der Waals surface area contributed by atoms with Gasteiger partial charge in [0.25, 0.3) is 5.52 Å². The third-order valence-corrected chi connectivity index (χ3v) is 12.4.